The van der Waals surface area contributed by atoms with Gasteiger partial charge in [-0.05, 0) is 35.9 Å². The van der Waals surface area contributed by atoms with Crippen LogP contribution in [0.25, 0.3) is 11.1 Å². The van der Waals surface area contributed by atoms with Gasteiger partial charge in [-0.2, -0.15) is 0 Å². The number of carbonyl (C=O) groups excluding carboxylic acids is 1. The van der Waals surface area contributed by atoms with Crippen molar-refractivity contribution in [2.75, 3.05) is 5.73 Å². The highest BCUT2D eigenvalue weighted by Gasteiger charge is 2.05. The SMILES string of the molecule is CC(=O)Oc1ccc(-c2cc(N)ccc2Cl)cc1. The number of ether oxygens (including phenoxy) is 1. The van der Waals surface area contributed by atoms with Crippen LogP contribution in [0.3, 0.4) is 0 Å². The fourth-order valence-electron chi connectivity index (χ4n) is 1.63. The normalized spacial score (nSPS) is 10.1. The standard InChI is InChI=1S/C14H12ClNO2/c1-9(17)18-12-5-2-10(3-6-12)13-8-11(16)4-7-14(13)15/h2-8H,16H2,1H3. The van der Waals surface area contributed by atoms with Crippen molar-refractivity contribution in [3.8, 4) is 16.9 Å². The molecule has 0 unspecified atom stereocenters. The minimum absolute atomic E-state index is 0.343. The lowest BCUT2D eigenvalue weighted by molar-refractivity contribution is -0.131. The highest BCUT2D eigenvalue weighted by Crippen LogP contribution is 2.30. The van der Waals surface area contributed by atoms with Gasteiger partial charge >= 0.3 is 5.97 Å². The second-order valence-electron chi connectivity index (χ2n) is 3.86. The lowest BCUT2D eigenvalue weighted by Crippen LogP contribution is -2.00. The molecular formula is C14H12ClNO2. The Labute approximate surface area is 110 Å². The van der Waals surface area contributed by atoms with Crippen LogP contribution in [0.15, 0.2) is 42.5 Å². The molecule has 2 aromatic rings. The molecule has 0 amide bonds. The van der Waals surface area contributed by atoms with E-state index in [0.29, 0.717) is 16.5 Å². The maximum atomic E-state index is 10.8. The molecule has 2 rings (SSSR count). The summed E-state index contributed by atoms with van der Waals surface area (Å²) in [7, 11) is 0. The van der Waals surface area contributed by atoms with E-state index in [4.69, 9.17) is 22.1 Å². The zero-order valence-electron chi connectivity index (χ0n) is 9.81. The Bertz CT molecular complexity index is 579. The van der Waals surface area contributed by atoms with Gasteiger partial charge < -0.3 is 10.5 Å². The Morgan fingerprint density at radius 3 is 2.44 bits per heavy atom. The number of hydrogen-bond acceptors (Lipinski definition) is 3. The van der Waals surface area contributed by atoms with Crippen molar-refractivity contribution in [1.29, 1.82) is 0 Å². The minimum Gasteiger partial charge on any atom is -0.427 e. The summed E-state index contributed by atoms with van der Waals surface area (Å²) in [5, 5.41) is 0.629. The molecule has 0 aromatic heterocycles. The van der Waals surface area contributed by atoms with Gasteiger partial charge in [-0.25, -0.2) is 0 Å². The summed E-state index contributed by atoms with van der Waals surface area (Å²) in [4.78, 5) is 10.8. The molecule has 0 fully saturated rings. The van der Waals surface area contributed by atoms with E-state index in [2.05, 4.69) is 0 Å². The number of esters is 1. The summed E-state index contributed by atoms with van der Waals surface area (Å²) < 4.78 is 4.96. The van der Waals surface area contributed by atoms with Crippen LogP contribution in [0.4, 0.5) is 5.69 Å². The van der Waals surface area contributed by atoms with Crippen molar-refractivity contribution in [1.82, 2.24) is 0 Å². The number of benzene rings is 2. The van der Waals surface area contributed by atoms with Gasteiger partial charge in [0.25, 0.3) is 0 Å². The van der Waals surface area contributed by atoms with Gasteiger partial charge in [0.2, 0.25) is 0 Å². The monoisotopic (exact) mass is 261 g/mol. The topological polar surface area (TPSA) is 52.3 Å². The van der Waals surface area contributed by atoms with Crippen molar-refractivity contribution in [3.63, 3.8) is 0 Å². The Morgan fingerprint density at radius 1 is 1.17 bits per heavy atom. The molecule has 0 atom stereocenters. The van der Waals surface area contributed by atoms with Gasteiger partial charge in [0.15, 0.2) is 0 Å². The Balaban J connectivity index is 2.34. The third kappa shape index (κ3) is 2.81. The number of carbonyl (C=O) groups is 1. The maximum absolute atomic E-state index is 10.8. The Hall–Kier alpha value is -2.00. The Kier molecular flexibility index (Phi) is 3.53. The van der Waals surface area contributed by atoms with Crippen molar-refractivity contribution in [2.24, 2.45) is 0 Å². The first-order valence-corrected chi connectivity index (χ1v) is 5.78. The first-order valence-electron chi connectivity index (χ1n) is 5.40. The largest absolute Gasteiger partial charge is 0.427 e. The first-order chi connectivity index (χ1) is 8.56. The third-order valence-electron chi connectivity index (χ3n) is 2.42. The molecule has 2 aromatic carbocycles. The van der Waals surface area contributed by atoms with Crippen LogP contribution in [0.5, 0.6) is 5.75 Å². The van der Waals surface area contributed by atoms with Crippen LogP contribution in [-0.2, 0) is 4.79 Å². The van der Waals surface area contributed by atoms with E-state index in [1.54, 1.807) is 24.3 Å². The summed E-state index contributed by atoms with van der Waals surface area (Å²) >= 11 is 6.11. The summed E-state index contributed by atoms with van der Waals surface area (Å²) in [5.74, 6) is 0.163. The number of nitrogen functional groups attached to an aromatic ring is 1. The fraction of sp³-hybridized carbons (Fsp3) is 0.0714. The van der Waals surface area contributed by atoms with Gasteiger partial charge in [0.05, 0.1) is 0 Å². The molecule has 0 radical (unpaired) electrons. The highest BCUT2D eigenvalue weighted by molar-refractivity contribution is 6.33. The van der Waals surface area contributed by atoms with Crippen molar-refractivity contribution >= 4 is 23.3 Å². The molecule has 0 saturated heterocycles. The fourth-order valence-corrected chi connectivity index (χ4v) is 1.86. The van der Waals surface area contributed by atoms with E-state index in [0.717, 1.165) is 11.1 Å². The number of rotatable bonds is 2. The summed E-state index contributed by atoms with van der Waals surface area (Å²) in [6.45, 7) is 1.36. The van der Waals surface area contributed by atoms with E-state index < -0.39 is 0 Å². The molecular weight excluding hydrogens is 250 g/mol. The highest BCUT2D eigenvalue weighted by atomic mass is 35.5. The lowest BCUT2D eigenvalue weighted by Gasteiger charge is -2.07. The molecule has 0 aliphatic rings. The zero-order valence-corrected chi connectivity index (χ0v) is 10.6. The summed E-state index contributed by atoms with van der Waals surface area (Å²) in [6, 6.07) is 12.4. The van der Waals surface area contributed by atoms with Crippen LogP contribution in [0.1, 0.15) is 6.92 Å². The smallest absolute Gasteiger partial charge is 0.308 e. The average molecular weight is 262 g/mol. The molecule has 0 aliphatic carbocycles. The van der Waals surface area contributed by atoms with Crippen LogP contribution in [0, 0.1) is 0 Å². The molecule has 4 heteroatoms. The molecule has 92 valence electrons. The second kappa shape index (κ2) is 5.10. The number of nitrogens with two attached hydrogens (primary N) is 1. The van der Waals surface area contributed by atoms with E-state index in [9.17, 15) is 4.79 Å². The van der Waals surface area contributed by atoms with Crippen molar-refractivity contribution in [2.45, 2.75) is 6.92 Å². The quantitative estimate of drug-likeness (QED) is 0.511. The van der Waals surface area contributed by atoms with Gasteiger partial charge in [0, 0.05) is 23.2 Å². The first kappa shape index (κ1) is 12.5. The maximum Gasteiger partial charge on any atom is 0.308 e. The predicted octanol–water partition coefficient (Wildman–Crippen LogP) is 3.51. The molecule has 0 aliphatic heterocycles. The van der Waals surface area contributed by atoms with Gasteiger partial charge in [-0.3, -0.25) is 4.79 Å². The minimum atomic E-state index is -0.343. The molecule has 3 nitrogen and oxygen atoms in total. The Morgan fingerprint density at radius 2 is 1.83 bits per heavy atom. The van der Waals surface area contributed by atoms with Crippen molar-refractivity contribution < 1.29 is 9.53 Å². The molecule has 0 spiro atoms. The average Bonchev–Trinajstić information content (AvgIpc) is 2.33. The summed E-state index contributed by atoms with van der Waals surface area (Å²) in [6.07, 6.45) is 0. The predicted molar refractivity (Wildman–Crippen MR) is 72.6 cm³/mol. The summed E-state index contributed by atoms with van der Waals surface area (Å²) in [5.41, 5.74) is 8.16. The van der Waals surface area contributed by atoms with E-state index in [1.807, 2.05) is 18.2 Å². The zero-order chi connectivity index (χ0) is 13.1. The van der Waals surface area contributed by atoms with Crippen LogP contribution < -0.4 is 10.5 Å². The second-order valence-corrected chi connectivity index (χ2v) is 4.26. The van der Waals surface area contributed by atoms with Gasteiger partial charge in [0.1, 0.15) is 5.75 Å². The van der Waals surface area contributed by atoms with Crippen molar-refractivity contribution in [3.05, 3.63) is 47.5 Å². The number of hydrogen-bond donors (Lipinski definition) is 1. The molecule has 2 N–H and O–H groups in total. The molecule has 18 heavy (non-hydrogen) atoms. The third-order valence-corrected chi connectivity index (χ3v) is 2.75. The van der Waals surface area contributed by atoms with Crippen LogP contribution in [-0.4, -0.2) is 5.97 Å². The van der Waals surface area contributed by atoms with Gasteiger partial charge in [-0.1, -0.05) is 23.7 Å². The molecule has 0 saturated carbocycles. The van der Waals surface area contributed by atoms with Crippen LogP contribution >= 0.6 is 11.6 Å². The number of halogens is 1. The molecule has 0 heterocycles. The van der Waals surface area contributed by atoms with E-state index in [1.165, 1.54) is 6.92 Å². The number of anilines is 1. The lowest BCUT2D eigenvalue weighted by atomic mass is 10.1. The van der Waals surface area contributed by atoms with Crippen LogP contribution in [0.2, 0.25) is 5.02 Å². The van der Waals surface area contributed by atoms with Gasteiger partial charge in [-0.15, -0.1) is 0 Å². The van der Waals surface area contributed by atoms with E-state index in [-0.39, 0.29) is 5.97 Å². The molecule has 0 bridgehead atoms. The van der Waals surface area contributed by atoms with E-state index >= 15 is 0 Å².